The van der Waals surface area contributed by atoms with E-state index in [1.165, 1.54) is 0 Å². The van der Waals surface area contributed by atoms with E-state index >= 15 is 0 Å². The standard InChI is InChI=1S/C43H25NO2/c44-26-30-9-1-2-12-34(30)29-11-7-10-27(21-29)31-22-32(28-19-20-42-39(25-28)37-14-4-5-17-40(37)45-42)24-33(23-31)35-15-8-16-38-36-13-3-6-18-41(36)46-43(35)38/h1-25H. The minimum absolute atomic E-state index is 0.659. The van der Waals surface area contributed by atoms with Gasteiger partial charge in [-0.1, -0.05) is 97.1 Å². The molecule has 0 fully saturated rings. The Bertz CT molecular complexity index is 2670. The van der Waals surface area contributed by atoms with Gasteiger partial charge in [0, 0.05) is 27.1 Å². The van der Waals surface area contributed by atoms with E-state index in [9.17, 15) is 5.26 Å². The van der Waals surface area contributed by atoms with Crippen LogP contribution < -0.4 is 0 Å². The quantitative estimate of drug-likeness (QED) is 0.206. The molecule has 0 radical (unpaired) electrons. The Labute approximate surface area is 265 Å². The lowest BCUT2D eigenvalue weighted by Crippen LogP contribution is -1.88. The summed E-state index contributed by atoms with van der Waals surface area (Å²) in [7, 11) is 0. The Hall–Kier alpha value is -6.37. The Balaban J connectivity index is 1.28. The highest BCUT2D eigenvalue weighted by Crippen LogP contribution is 2.41. The SMILES string of the molecule is N#Cc1ccccc1-c1cccc(-c2cc(-c3ccc4oc5ccccc5c4c3)cc(-c3cccc4c3oc3ccccc34)c2)c1. The Kier molecular flexibility index (Phi) is 5.88. The summed E-state index contributed by atoms with van der Waals surface area (Å²) in [4.78, 5) is 0. The number of hydrogen-bond acceptors (Lipinski definition) is 3. The maximum absolute atomic E-state index is 9.79. The molecule has 3 heteroatoms. The monoisotopic (exact) mass is 587 g/mol. The summed E-state index contributed by atoms with van der Waals surface area (Å²) < 4.78 is 12.6. The van der Waals surface area contributed by atoms with Crippen LogP contribution in [0.1, 0.15) is 5.56 Å². The number of rotatable bonds is 4. The van der Waals surface area contributed by atoms with Crippen LogP contribution in [0, 0.1) is 11.3 Å². The third-order valence-corrected chi connectivity index (χ3v) is 8.91. The topological polar surface area (TPSA) is 50.1 Å². The molecule has 0 saturated carbocycles. The predicted octanol–water partition coefficient (Wildman–Crippen LogP) is 12.0. The van der Waals surface area contributed by atoms with E-state index in [-0.39, 0.29) is 0 Å². The molecule has 0 aliphatic rings. The molecule has 2 heterocycles. The van der Waals surface area contributed by atoms with Crippen LogP contribution in [-0.4, -0.2) is 0 Å². The molecule has 0 aliphatic carbocycles. The molecule has 0 unspecified atom stereocenters. The van der Waals surface area contributed by atoms with Gasteiger partial charge in [-0.25, -0.2) is 0 Å². The lowest BCUT2D eigenvalue weighted by Gasteiger charge is -2.13. The highest BCUT2D eigenvalue weighted by atomic mass is 16.3. The van der Waals surface area contributed by atoms with Gasteiger partial charge in [-0.2, -0.15) is 5.26 Å². The smallest absolute Gasteiger partial charge is 0.143 e. The molecule has 0 spiro atoms. The summed E-state index contributed by atoms with van der Waals surface area (Å²) >= 11 is 0. The van der Waals surface area contributed by atoms with Crippen LogP contribution in [-0.2, 0) is 0 Å². The molecule has 2 aromatic heterocycles. The average Bonchev–Trinajstić information content (AvgIpc) is 3.69. The number of fused-ring (bicyclic) bond motifs is 6. The molecule has 0 N–H and O–H groups in total. The van der Waals surface area contributed by atoms with Gasteiger partial charge in [0.2, 0.25) is 0 Å². The van der Waals surface area contributed by atoms with Crippen molar-refractivity contribution in [3.8, 4) is 50.6 Å². The summed E-state index contributed by atoms with van der Waals surface area (Å²) in [5.74, 6) is 0. The zero-order valence-corrected chi connectivity index (χ0v) is 24.7. The van der Waals surface area contributed by atoms with Gasteiger partial charge in [-0.3, -0.25) is 0 Å². The largest absolute Gasteiger partial charge is 0.456 e. The average molecular weight is 588 g/mol. The first-order valence-electron chi connectivity index (χ1n) is 15.3. The molecule has 0 saturated heterocycles. The maximum atomic E-state index is 9.79. The van der Waals surface area contributed by atoms with Crippen molar-refractivity contribution in [1.82, 2.24) is 0 Å². The molecule has 9 rings (SSSR count). The first-order chi connectivity index (χ1) is 22.7. The van der Waals surface area contributed by atoms with Gasteiger partial charge in [0.15, 0.2) is 0 Å². The molecule has 0 aliphatic heterocycles. The van der Waals surface area contributed by atoms with Gasteiger partial charge in [0.1, 0.15) is 22.3 Å². The van der Waals surface area contributed by atoms with E-state index in [1.807, 2.05) is 54.6 Å². The van der Waals surface area contributed by atoms with Gasteiger partial charge in [-0.05, 0) is 93.5 Å². The highest BCUT2D eigenvalue weighted by molar-refractivity contribution is 6.10. The third-order valence-electron chi connectivity index (χ3n) is 8.91. The molecule has 9 aromatic rings. The van der Waals surface area contributed by atoms with Crippen LogP contribution in [0.25, 0.3) is 88.4 Å². The van der Waals surface area contributed by atoms with Crippen molar-refractivity contribution < 1.29 is 8.83 Å². The maximum Gasteiger partial charge on any atom is 0.143 e. The number of hydrogen-bond donors (Lipinski definition) is 0. The van der Waals surface area contributed by atoms with E-state index < -0.39 is 0 Å². The summed E-state index contributed by atoms with van der Waals surface area (Å²) in [5, 5.41) is 14.2. The Morgan fingerprint density at radius 1 is 0.370 bits per heavy atom. The molecule has 214 valence electrons. The van der Waals surface area contributed by atoms with Crippen LogP contribution in [0.2, 0.25) is 0 Å². The van der Waals surface area contributed by atoms with Crippen LogP contribution in [0.3, 0.4) is 0 Å². The Morgan fingerprint density at radius 3 is 1.76 bits per heavy atom. The summed E-state index contributed by atoms with van der Waals surface area (Å²) in [6.45, 7) is 0. The first-order valence-corrected chi connectivity index (χ1v) is 15.3. The predicted molar refractivity (Wildman–Crippen MR) is 187 cm³/mol. The van der Waals surface area contributed by atoms with Gasteiger partial charge >= 0.3 is 0 Å². The number of para-hydroxylation sites is 3. The molecule has 46 heavy (non-hydrogen) atoms. The van der Waals surface area contributed by atoms with E-state index in [1.54, 1.807) is 0 Å². The van der Waals surface area contributed by atoms with Crippen molar-refractivity contribution in [2.75, 3.05) is 0 Å². The number of nitriles is 1. The van der Waals surface area contributed by atoms with Crippen LogP contribution in [0.4, 0.5) is 0 Å². The zero-order chi connectivity index (χ0) is 30.6. The normalized spacial score (nSPS) is 11.5. The fraction of sp³-hybridized carbons (Fsp3) is 0. The fourth-order valence-corrected chi connectivity index (χ4v) is 6.70. The Morgan fingerprint density at radius 2 is 0.935 bits per heavy atom. The summed E-state index contributed by atoms with van der Waals surface area (Å²) in [6, 6.07) is 54.5. The minimum atomic E-state index is 0.659. The number of furan rings is 2. The lowest BCUT2D eigenvalue weighted by molar-refractivity contribution is 0.669. The van der Waals surface area contributed by atoms with Crippen molar-refractivity contribution in [2.45, 2.75) is 0 Å². The van der Waals surface area contributed by atoms with Gasteiger partial charge in [0.25, 0.3) is 0 Å². The van der Waals surface area contributed by atoms with Gasteiger partial charge in [0.05, 0.1) is 11.6 Å². The fourth-order valence-electron chi connectivity index (χ4n) is 6.70. The lowest BCUT2D eigenvalue weighted by atomic mass is 9.91. The van der Waals surface area contributed by atoms with E-state index in [4.69, 9.17) is 8.83 Å². The molecular weight excluding hydrogens is 562 g/mol. The van der Waals surface area contributed by atoms with Crippen LogP contribution in [0.5, 0.6) is 0 Å². The number of nitrogens with zero attached hydrogens (tertiary/aromatic N) is 1. The van der Waals surface area contributed by atoms with Crippen molar-refractivity contribution >= 4 is 43.9 Å². The third kappa shape index (κ3) is 4.20. The van der Waals surface area contributed by atoms with Crippen molar-refractivity contribution in [2.24, 2.45) is 0 Å². The van der Waals surface area contributed by atoms with Crippen LogP contribution >= 0.6 is 0 Å². The molecule has 0 bridgehead atoms. The highest BCUT2D eigenvalue weighted by Gasteiger charge is 2.16. The molecule has 0 atom stereocenters. The summed E-state index contributed by atoms with van der Waals surface area (Å²) in [6.07, 6.45) is 0. The molecule has 0 amide bonds. The second kappa shape index (κ2) is 10.4. The molecule has 7 aromatic carbocycles. The minimum Gasteiger partial charge on any atom is -0.456 e. The van der Waals surface area contributed by atoms with E-state index in [2.05, 4.69) is 103 Å². The molecular formula is C43H25NO2. The zero-order valence-electron chi connectivity index (χ0n) is 24.7. The van der Waals surface area contributed by atoms with E-state index in [0.717, 1.165) is 88.4 Å². The van der Waals surface area contributed by atoms with Crippen molar-refractivity contribution in [1.29, 1.82) is 5.26 Å². The van der Waals surface area contributed by atoms with Crippen LogP contribution in [0.15, 0.2) is 160 Å². The van der Waals surface area contributed by atoms with Crippen molar-refractivity contribution in [3.63, 3.8) is 0 Å². The van der Waals surface area contributed by atoms with Gasteiger partial charge < -0.3 is 8.83 Å². The second-order valence-corrected chi connectivity index (χ2v) is 11.6. The van der Waals surface area contributed by atoms with Crippen molar-refractivity contribution in [3.05, 3.63) is 157 Å². The van der Waals surface area contributed by atoms with Gasteiger partial charge in [-0.15, -0.1) is 0 Å². The number of benzene rings is 7. The second-order valence-electron chi connectivity index (χ2n) is 11.6. The summed E-state index contributed by atoms with van der Waals surface area (Å²) in [5.41, 5.74) is 12.5. The molecule has 3 nitrogen and oxygen atoms in total. The first kappa shape index (κ1) is 26.1. The van der Waals surface area contributed by atoms with E-state index in [0.29, 0.717) is 5.56 Å².